The molecule has 124 valence electrons. The minimum atomic E-state index is -0.428. The maximum Gasteiger partial charge on any atom is 0.277 e. The molecule has 0 aliphatic heterocycles. The second-order valence-electron chi connectivity index (χ2n) is 5.16. The summed E-state index contributed by atoms with van der Waals surface area (Å²) in [6.45, 7) is 3.82. The molecule has 0 saturated heterocycles. The van der Waals surface area contributed by atoms with Crippen molar-refractivity contribution in [3.8, 4) is 23.0 Å². The maximum absolute atomic E-state index is 11.5. The van der Waals surface area contributed by atoms with E-state index in [4.69, 9.17) is 19.6 Å². The van der Waals surface area contributed by atoms with Crippen LogP contribution in [0.4, 0.5) is 0 Å². The number of thioether (sulfide) groups is 1. The number of nitrogens with zero attached hydrogens (tertiary/aromatic N) is 2. The van der Waals surface area contributed by atoms with Crippen LogP contribution in [0.15, 0.2) is 27.8 Å². The summed E-state index contributed by atoms with van der Waals surface area (Å²) in [6.07, 6.45) is 0. The first-order valence-electron chi connectivity index (χ1n) is 6.97. The van der Waals surface area contributed by atoms with Gasteiger partial charge in [0.25, 0.3) is 5.22 Å². The molecule has 2 rings (SSSR count). The van der Waals surface area contributed by atoms with E-state index in [0.29, 0.717) is 28.2 Å². The molecule has 1 aromatic heterocycles. The Labute approximate surface area is 138 Å². The minimum absolute atomic E-state index is 0.0600. The Kier molecular flexibility index (Phi) is 5.49. The number of amides is 1. The average Bonchev–Trinajstić information content (AvgIpc) is 3.00. The highest BCUT2D eigenvalue weighted by atomic mass is 32.2. The second kappa shape index (κ2) is 7.36. The van der Waals surface area contributed by atoms with Crippen molar-refractivity contribution < 1.29 is 18.7 Å². The van der Waals surface area contributed by atoms with Crippen molar-refractivity contribution in [2.75, 3.05) is 14.2 Å². The van der Waals surface area contributed by atoms with Crippen LogP contribution in [0.5, 0.6) is 11.5 Å². The summed E-state index contributed by atoms with van der Waals surface area (Å²) in [4.78, 5) is 11.5. The third kappa shape index (κ3) is 4.16. The van der Waals surface area contributed by atoms with E-state index in [2.05, 4.69) is 10.2 Å². The molecule has 0 radical (unpaired) electrons. The zero-order valence-corrected chi connectivity index (χ0v) is 14.2. The Morgan fingerprint density at radius 1 is 1.17 bits per heavy atom. The van der Waals surface area contributed by atoms with Gasteiger partial charge in [-0.3, -0.25) is 4.79 Å². The number of benzene rings is 1. The number of hydrogen-bond donors (Lipinski definition) is 1. The summed E-state index contributed by atoms with van der Waals surface area (Å²) in [6, 6.07) is 5.27. The molecule has 1 amide bonds. The zero-order chi connectivity index (χ0) is 17.0. The van der Waals surface area contributed by atoms with Gasteiger partial charge in [-0.15, -0.1) is 10.2 Å². The fourth-order valence-corrected chi connectivity index (χ4v) is 2.76. The molecule has 0 saturated carbocycles. The molecule has 1 aromatic carbocycles. The predicted molar refractivity (Wildman–Crippen MR) is 86.5 cm³/mol. The van der Waals surface area contributed by atoms with Gasteiger partial charge < -0.3 is 19.6 Å². The summed E-state index contributed by atoms with van der Waals surface area (Å²) < 4.78 is 16.1. The standard InChI is InChI=1S/C15H19N3O4S/c1-8(2)12(13(16)19)23-15-18-17-14(22-15)9-5-10(20-3)7-11(6-9)21-4/h5-8,12H,1-4H3,(H2,16,19)/t12-/m0/s1. The first kappa shape index (κ1) is 17.1. The molecule has 8 heteroatoms. The first-order chi connectivity index (χ1) is 10.9. The lowest BCUT2D eigenvalue weighted by molar-refractivity contribution is -0.118. The van der Waals surface area contributed by atoms with Crippen LogP contribution in [0, 0.1) is 5.92 Å². The van der Waals surface area contributed by atoms with Gasteiger partial charge >= 0.3 is 0 Å². The van der Waals surface area contributed by atoms with E-state index in [1.54, 1.807) is 32.4 Å². The molecule has 1 heterocycles. The van der Waals surface area contributed by atoms with Crippen molar-refractivity contribution in [3.63, 3.8) is 0 Å². The third-order valence-electron chi connectivity index (χ3n) is 3.12. The van der Waals surface area contributed by atoms with Crippen molar-refractivity contribution in [2.24, 2.45) is 11.7 Å². The SMILES string of the molecule is COc1cc(OC)cc(-c2nnc(S[C@H](C(N)=O)C(C)C)o2)c1. The number of carbonyl (C=O) groups excluding carboxylic acids is 1. The molecule has 0 bridgehead atoms. The van der Waals surface area contributed by atoms with Crippen molar-refractivity contribution in [1.29, 1.82) is 0 Å². The van der Waals surface area contributed by atoms with Crippen LogP contribution in [-0.2, 0) is 4.79 Å². The van der Waals surface area contributed by atoms with E-state index in [9.17, 15) is 4.79 Å². The molecule has 0 fully saturated rings. The van der Waals surface area contributed by atoms with Crippen LogP contribution < -0.4 is 15.2 Å². The summed E-state index contributed by atoms with van der Waals surface area (Å²) in [5, 5.41) is 7.84. The quantitative estimate of drug-likeness (QED) is 0.774. The van der Waals surface area contributed by atoms with Crippen LogP contribution in [0.3, 0.4) is 0 Å². The molecule has 7 nitrogen and oxygen atoms in total. The van der Waals surface area contributed by atoms with E-state index in [0.717, 1.165) is 11.8 Å². The molecule has 0 unspecified atom stereocenters. The largest absolute Gasteiger partial charge is 0.497 e. The lowest BCUT2D eigenvalue weighted by atomic mass is 10.1. The van der Waals surface area contributed by atoms with E-state index in [1.807, 2.05) is 13.8 Å². The number of carbonyl (C=O) groups is 1. The number of primary amides is 1. The van der Waals surface area contributed by atoms with Gasteiger partial charge in [0.15, 0.2) is 0 Å². The number of aromatic nitrogens is 2. The van der Waals surface area contributed by atoms with Gasteiger partial charge in [0.2, 0.25) is 11.8 Å². The van der Waals surface area contributed by atoms with Crippen LogP contribution in [0.25, 0.3) is 11.5 Å². The Hall–Kier alpha value is -2.22. The lowest BCUT2D eigenvalue weighted by Crippen LogP contribution is -2.30. The Balaban J connectivity index is 2.27. The zero-order valence-electron chi connectivity index (χ0n) is 13.4. The van der Waals surface area contributed by atoms with Crippen LogP contribution in [0.2, 0.25) is 0 Å². The van der Waals surface area contributed by atoms with Crippen LogP contribution >= 0.6 is 11.8 Å². The fraction of sp³-hybridized carbons (Fsp3) is 0.400. The average molecular weight is 337 g/mol. The maximum atomic E-state index is 11.5. The van der Waals surface area contributed by atoms with E-state index in [-0.39, 0.29) is 5.92 Å². The molecule has 2 N–H and O–H groups in total. The van der Waals surface area contributed by atoms with Crippen molar-refractivity contribution in [1.82, 2.24) is 10.2 Å². The van der Waals surface area contributed by atoms with Gasteiger partial charge in [-0.2, -0.15) is 0 Å². The number of ether oxygens (including phenoxy) is 2. The van der Waals surface area contributed by atoms with Crippen LogP contribution in [0.1, 0.15) is 13.8 Å². The first-order valence-corrected chi connectivity index (χ1v) is 7.85. The molecule has 0 aliphatic carbocycles. The van der Waals surface area contributed by atoms with Crippen molar-refractivity contribution in [2.45, 2.75) is 24.3 Å². The number of rotatable bonds is 7. The molecular formula is C15H19N3O4S. The van der Waals surface area contributed by atoms with E-state index in [1.165, 1.54) is 0 Å². The topological polar surface area (TPSA) is 100 Å². The Bertz CT molecular complexity index is 665. The Morgan fingerprint density at radius 3 is 2.26 bits per heavy atom. The van der Waals surface area contributed by atoms with Crippen molar-refractivity contribution >= 4 is 17.7 Å². The number of methoxy groups -OCH3 is 2. The highest BCUT2D eigenvalue weighted by Gasteiger charge is 2.24. The van der Waals surface area contributed by atoms with E-state index < -0.39 is 11.2 Å². The number of nitrogens with two attached hydrogens (primary N) is 1. The molecule has 0 spiro atoms. The van der Waals surface area contributed by atoms with Gasteiger partial charge in [-0.05, 0) is 18.1 Å². The summed E-state index contributed by atoms with van der Waals surface area (Å²) >= 11 is 1.16. The van der Waals surface area contributed by atoms with Gasteiger partial charge in [-0.25, -0.2) is 0 Å². The van der Waals surface area contributed by atoms with Gasteiger partial charge in [0.1, 0.15) is 11.5 Å². The fourth-order valence-electron chi connectivity index (χ4n) is 1.94. The minimum Gasteiger partial charge on any atom is -0.497 e. The van der Waals surface area contributed by atoms with Gasteiger partial charge in [0, 0.05) is 11.6 Å². The smallest absolute Gasteiger partial charge is 0.277 e. The molecule has 1 atom stereocenters. The summed E-state index contributed by atoms with van der Waals surface area (Å²) in [5.74, 6) is 1.20. The second-order valence-corrected chi connectivity index (χ2v) is 6.25. The predicted octanol–water partition coefficient (Wildman–Crippen LogP) is 2.36. The monoisotopic (exact) mass is 337 g/mol. The lowest BCUT2D eigenvalue weighted by Gasteiger charge is -2.13. The van der Waals surface area contributed by atoms with Gasteiger partial charge in [0.05, 0.1) is 19.5 Å². The highest BCUT2D eigenvalue weighted by molar-refractivity contribution is 8.00. The highest BCUT2D eigenvalue weighted by Crippen LogP contribution is 2.32. The van der Waals surface area contributed by atoms with Gasteiger partial charge in [-0.1, -0.05) is 25.6 Å². The summed E-state index contributed by atoms with van der Waals surface area (Å²) in [7, 11) is 3.13. The van der Waals surface area contributed by atoms with Crippen LogP contribution in [-0.4, -0.2) is 35.6 Å². The molecule has 2 aromatic rings. The van der Waals surface area contributed by atoms with Crippen molar-refractivity contribution in [3.05, 3.63) is 18.2 Å². The normalized spacial score (nSPS) is 12.2. The Morgan fingerprint density at radius 2 is 1.78 bits per heavy atom. The summed E-state index contributed by atoms with van der Waals surface area (Å²) in [5.41, 5.74) is 6.06. The van der Waals surface area contributed by atoms with E-state index >= 15 is 0 Å². The molecule has 0 aliphatic rings. The molecular weight excluding hydrogens is 318 g/mol. The third-order valence-corrected chi connectivity index (χ3v) is 4.52. The molecule has 23 heavy (non-hydrogen) atoms. The number of hydrogen-bond acceptors (Lipinski definition) is 7.